The number of amides is 1. The number of benzene rings is 2. The van der Waals surface area contributed by atoms with Crippen molar-refractivity contribution < 1.29 is 14.5 Å². The average molecular weight is 404 g/mol. The third-order valence-corrected chi connectivity index (χ3v) is 6.49. The number of nitrogens with zero attached hydrogens (tertiary/aromatic N) is 2. The molecule has 6 nitrogen and oxygen atoms in total. The number of hydrogen-bond donors (Lipinski definition) is 0. The van der Waals surface area contributed by atoms with E-state index in [-0.39, 0.29) is 23.3 Å². The predicted molar refractivity (Wildman–Crippen MR) is 113 cm³/mol. The minimum atomic E-state index is -1.10. The van der Waals surface area contributed by atoms with Crippen LogP contribution in [0.15, 0.2) is 61.2 Å². The van der Waals surface area contributed by atoms with Gasteiger partial charge in [-0.2, -0.15) is 0 Å². The zero-order chi connectivity index (χ0) is 21.3. The molecule has 1 aliphatic heterocycles. The summed E-state index contributed by atoms with van der Waals surface area (Å²) in [7, 11) is 0. The van der Waals surface area contributed by atoms with Gasteiger partial charge in [-0.25, -0.2) is 0 Å². The van der Waals surface area contributed by atoms with Crippen molar-refractivity contribution in [3.8, 4) is 0 Å². The fourth-order valence-electron chi connectivity index (χ4n) is 5.00. The highest BCUT2D eigenvalue weighted by molar-refractivity contribution is 6.09. The molecule has 2 aliphatic rings. The first-order valence-electron chi connectivity index (χ1n) is 10.2. The molecule has 1 saturated carbocycles. The highest BCUT2D eigenvalue weighted by Gasteiger charge is 2.58. The number of carbonyl (C=O) groups is 2. The number of likely N-dealkylation sites (tertiary alicyclic amines) is 1. The van der Waals surface area contributed by atoms with E-state index in [1.165, 1.54) is 12.1 Å². The van der Waals surface area contributed by atoms with Crippen LogP contribution < -0.4 is 0 Å². The Bertz CT molecular complexity index is 1020. The summed E-state index contributed by atoms with van der Waals surface area (Å²) < 4.78 is 0. The van der Waals surface area contributed by atoms with Gasteiger partial charge in [0.15, 0.2) is 0 Å². The molecule has 0 radical (unpaired) electrons. The molecule has 0 N–H and O–H groups in total. The smallest absolute Gasteiger partial charge is 0.270 e. The second-order valence-electron chi connectivity index (χ2n) is 8.13. The molecule has 1 aliphatic carbocycles. The molecule has 1 saturated heterocycles. The highest BCUT2D eigenvalue weighted by Crippen LogP contribution is 2.52. The lowest BCUT2D eigenvalue weighted by Crippen LogP contribution is -2.55. The summed E-state index contributed by atoms with van der Waals surface area (Å²) in [5, 5.41) is 11.2. The van der Waals surface area contributed by atoms with Gasteiger partial charge in [0, 0.05) is 37.6 Å². The largest absolute Gasteiger partial charge is 0.337 e. The molecule has 0 aromatic heterocycles. The van der Waals surface area contributed by atoms with Crippen LogP contribution in [0.1, 0.15) is 36.8 Å². The number of allylic oxidation sites excluding steroid dienone is 1. The maximum absolute atomic E-state index is 13.6. The topological polar surface area (TPSA) is 80.5 Å². The Morgan fingerprint density at radius 1 is 1.17 bits per heavy atom. The van der Waals surface area contributed by atoms with E-state index in [0.717, 1.165) is 5.56 Å². The van der Waals surface area contributed by atoms with Gasteiger partial charge in [-0.15, -0.1) is 0 Å². The van der Waals surface area contributed by atoms with Crippen LogP contribution in [0.2, 0.25) is 0 Å². The normalized spacial score (nSPS) is 23.7. The average Bonchev–Trinajstić information content (AvgIpc) is 3.13. The molecule has 4 rings (SSSR count). The SMILES string of the molecule is C=C(c1cccc([N+](=O)[O-])c1)[C@@H]1CCN(Cc2ccccc2)C(=O)[C@]12CCCC2=O. The summed E-state index contributed by atoms with van der Waals surface area (Å²) >= 11 is 0. The van der Waals surface area contributed by atoms with E-state index in [1.807, 2.05) is 30.3 Å². The molecule has 2 aromatic carbocycles. The molecule has 0 unspecified atom stereocenters. The third-order valence-electron chi connectivity index (χ3n) is 6.49. The Morgan fingerprint density at radius 2 is 1.93 bits per heavy atom. The molecular formula is C24H24N2O4. The van der Waals surface area contributed by atoms with Crippen molar-refractivity contribution in [2.45, 2.75) is 32.2 Å². The van der Waals surface area contributed by atoms with Crippen LogP contribution in [0.5, 0.6) is 0 Å². The fourth-order valence-corrected chi connectivity index (χ4v) is 5.00. The molecule has 2 atom stereocenters. The molecule has 1 amide bonds. The monoisotopic (exact) mass is 404 g/mol. The van der Waals surface area contributed by atoms with Gasteiger partial charge in [-0.3, -0.25) is 19.7 Å². The van der Waals surface area contributed by atoms with Gasteiger partial charge in [0.25, 0.3) is 5.69 Å². The predicted octanol–water partition coefficient (Wildman–Crippen LogP) is 4.40. The first-order valence-corrected chi connectivity index (χ1v) is 10.2. The molecule has 2 aromatic rings. The molecule has 6 heteroatoms. The number of Topliss-reactive ketones (excluding diaryl/α,β-unsaturated/α-hetero) is 1. The van der Waals surface area contributed by atoms with Crippen LogP contribution in [0.25, 0.3) is 5.57 Å². The van der Waals surface area contributed by atoms with E-state index >= 15 is 0 Å². The molecule has 154 valence electrons. The van der Waals surface area contributed by atoms with Crippen LogP contribution >= 0.6 is 0 Å². The number of non-ortho nitro benzene ring substituents is 1. The quantitative estimate of drug-likeness (QED) is 0.420. The van der Waals surface area contributed by atoms with E-state index in [9.17, 15) is 19.7 Å². The number of nitro groups is 1. The Morgan fingerprint density at radius 3 is 2.60 bits per heavy atom. The van der Waals surface area contributed by atoms with Gasteiger partial charge in [-0.05, 0) is 36.0 Å². The number of hydrogen-bond acceptors (Lipinski definition) is 4. The van der Waals surface area contributed by atoms with Crippen molar-refractivity contribution in [2.24, 2.45) is 11.3 Å². The van der Waals surface area contributed by atoms with Gasteiger partial charge in [-0.1, -0.05) is 49.0 Å². The Kier molecular flexibility index (Phi) is 5.24. The van der Waals surface area contributed by atoms with Crippen molar-refractivity contribution in [3.63, 3.8) is 0 Å². The second-order valence-corrected chi connectivity index (χ2v) is 8.13. The summed E-state index contributed by atoms with van der Waals surface area (Å²) in [6.45, 7) is 5.21. The number of ketones is 1. The van der Waals surface area contributed by atoms with Crippen molar-refractivity contribution >= 4 is 23.0 Å². The lowest BCUT2D eigenvalue weighted by Gasteiger charge is -2.45. The Labute approximate surface area is 175 Å². The molecule has 0 bridgehead atoms. The first kappa shape index (κ1) is 20.0. The second kappa shape index (κ2) is 7.86. The molecular weight excluding hydrogens is 380 g/mol. The summed E-state index contributed by atoms with van der Waals surface area (Å²) in [5.74, 6) is -0.493. The minimum Gasteiger partial charge on any atom is -0.337 e. The summed E-state index contributed by atoms with van der Waals surface area (Å²) in [6, 6.07) is 16.1. The van der Waals surface area contributed by atoms with E-state index < -0.39 is 10.3 Å². The summed E-state index contributed by atoms with van der Waals surface area (Å²) in [6.07, 6.45) is 2.20. The van der Waals surface area contributed by atoms with Gasteiger partial charge >= 0.3 is 0 Å². The Balaban J connectivity index is 1.67. The number of nitro benzene ring substituents is 1. The van der Waals surface area contributed by atoms with Crippen LogP contribution in [0.4, 0.5) is 5.69 Å². The summed E-state index contributed by atoms with van der Waals surface area (Å²) in [5.41, 5.74) is 1.17. The van der Waals surface area contributed by atoms with Crippen LogP contribution in [-0.2, 0) is 16.1 Å². The molecule has 2 fully saturated rings. The van der Waals surface area contributed by atoms with E-state index in [2.05, 4.69) is 6.58 Å². The van der Waals surface area contributed by atoms with Crippen molar-refractivity contribution in [1.82, 2.24) is 4.90 Å². The fraction of sp³-hybridized carbons (Fsp3) is 0.333. The number of piperidine rings is 1. The molecule has 1 spiro atoms. The van der Waals surface area contributed by atoms with Crippen molar-refractivity contribution in [2.75, 3.05) is 6.54 Å². The standard InChI is InChI=1S/C24H24N2O4/c1-17(19-9-5-10-20(15-19)26(29)30)21-12-14-25(16-18-7-3-2-4-8-18)23(28)24(21)13-6-11-22(24)27/h2-5,7-10,15,21H,1,6,11-14,16H2/t21-,24+/m0/s1. The first-order chi connectivity index (χ1) is 14.4. The zero-order valence-electron chi connectivity index (χ0n) is 16.8. The highest BCUT2D eigenvalue weighted by atomic mass is 16.6. The Hall–Kier alpha value is -3.28. The van der Waals surface area contributed by atoms with Gasteiger partial charge < -0.3 is 4.90 Å². The maximum atomic E-state index is 13.6. The zero-order valence-corrected chi connectivity index (χ0v) is 16.8. The lowest BCUT2D eigenvalue weighted by molar-refractivity contribution is -0.384. The third kappa shape index (κ3) is 3.32. The van der Waals surface area contributed by atoms with Crippen molar-refractivity contribution in [1.29, 1.82) is 0 Å². The van der Waals surface area contributed by atoms with Gasteiger partial charge in [0.1, 0.15) is 11.2 Å². The van der Waals surface area contributed by atoms with Crippen molar-refractivity contribution in [3.05, 3.63) is 82.4 Å². The summed E-state index contributed by atoms with van der Waals surface area (Å²) in [4.78, 5) is 39.3. The van der Waals surface area contributed by atoms with E-state index in [4.69, 9.17) is 0 Å². The minimum absolute atomic E-state index is 0.0201. The van der Waals surface area contributed by atoms with Crippen LogP contribution in [-0.4, -0.2) is 28.1 Å². The molecule has 30 heavy (non-hydrogen) atoms. The van der Waals surface area contributed by atoms with Crippen LogP contribution in [0, 0.1) is 21.4 Å². The van der Waals surface area contributed by atoms with E-state index in [0.29, 0.717) is 49.9 Å². The van der Waals surface area contributed by atoms with Gasteiger partial charge in [0.05, 0.1) is 4.92 Å². The lowest BCUT2D eigenvalue weighted by atomic mass is 9.64. The number of rotatable bonds is 5. The van der Waals surface area contributed by atoms with Crippen LogP contribution in [0.3, 0.4) is 0 Å². The maximum Gasteiger partial charge on any atom is 0.270 e. The van der Waals surface area contributed by atoms with E-state index in [1.54, 1.807) is 17.0 Å². The van der Waals surface area contributed by atoms with Gasteiger partial charge in [0.2, 0.25) is 5.91 Å². The molecule has 1 heterocycles. The number of carbonyl (C=O) groups excluding carboxylic acids is 2.